The van der Waals surface area contributed by atoms with Crippen LogP contribution in [0.15, 0.2) is 0 Å². The maximum absolute atomic E-state index is 11.7. The molecule has 9 nitrogen and oxygen atoms in total. The molecule has 21 heavy (non-hydrogen) atoms. The van der Waals surface area contributed by atoms with Crippen LogP contribution in [0, 0.1) is 20.2 Å². The highest BCUT2D eigenvalue weighted by Gasteiger charge is 2.72. The zero-order valence-corrected chi connectivity index (χ0v) is 11.9. The summed E-state index contributed by atoms with van der Waals surface area (Å²) in [6, 6.07) is 0. The van der Waals surface area contributed by atoms with Gasteiger partial charge in [-0.2, -0.15) is 4.84 Å². The minimum absolute atomic E-state index is 0.400. The molecule has 0 aromatic rings. The van der Waals surface area contributed by atoms with Crippen LogP contribution in [0.3, 0.4) is 0 Å². The predicted molar refractivity (Wildman–Crippen MR) is 70.4 cm³/mol. The minimum Gasteiger partial charge on any atom is -0.234 e. The smallest absolute Gasteiger partial charge is 0.234 e. The van der Waals surface area contributed by atoms with Gasteiger partial charge in [-0.15, -0.1) is 0 Å². The molecule has 0 amide bonds. The van der Waals surface area contributed by atoms with Crippen LogP contribution >= 0.6 is 0 Å². The minimum atomic E-state index is -1.23. The van der Waals surface area contributed by atoms with Crippen molar-refractivity contribution >= 4 is 0 Å². The predicted octanol–water partition coefficient (Wildman–Crippen LogP) is 2.24. The Balaban J connectivity index is 2.04. The zero-order valence-electron chi connectivity index (χ0n) is 11.9. The first-order valence-corrected chi connectivity index (χ1v) is 7.60. The number of rotatable bonds is 2. The van der Waals surface area contributed by atoms with E-state index in [0.717, 1.165) is 43.5 Å². The molecule has 0 radical (unpaired) electrons. The summed E-state index contributed by atoms with van der Waals surface area (Å²) in [5, 5.41) is 23.8. The fraction of sp³-hybridized carbons (Fsp3) is 1.00. The lowest BCUT2D eigenvalue weighted by Gasteiger charge is -2.38. The highest BCUT2D eigenvalue weighted by Crippen LogP contribution is 2.51. The zero-order chi connectivity index (χ0) is 15.1. The fourth-order valence-electron chi connectivity index (χ4n) is 4.16. The monoisotopic (exact) mass is 300 g/mol. The Morgan fingerprint density at radius 2 is 1.33 bits per heavy atom. The number of hydrogen-bond acceptors (Lipinski definition) is 5. The number of hydroxylamine groups is 1. The summed E-state index contributed by atoms with van der Waals surface area (Å²) >= 11 is 0. The molecule has 2 saturated carbocycles. The molecule has 1 aliphatic heterocycles. The Bertz CT molecular complexity index is 445. The second kappa shape index (κ2) is 4.97. The van der Waals surface area contributed by atoms with E-state index in [4.69, 9.17) is 4.84 Å². The molecule has 1 heterocycles. The van der Waals surface area contributed by atoms with Crippen LogP contribution in [0.5, 0.6) is 0 Å². The van der Waals surface area contributed by atoms with Gasteiger partial charge in [-0.3, -0.25) is 0 Å². The third-order valence-corrected chi connectivity index (χ3v) is 4.99. The lowest BCUT2D eigenvalue weighted by Crippen LogP contribution is -2.61. The summed E-state index contributed by atoms with van der Waals surface area (Å²) in [7, 11) is 0. The van der Waals surface area contributed by atoms with E-state index in [0.29, 0.717) is 30.9 Å². The number of hydrazine groups is 2. The van der Waals surface area contributed by atoms with Gasteiger partial charge in [0.1, 0.15) is 0 Å². The van der Waals surface area contributed by atoms with E-state index in [1.54, 1.807) is 0 Å². The molecule has 0 aromatic carbocycles. The van der Waals surface area contributed by atoms with Gasteiger partial charge in [0.05, 0.1) is 0 Å². The Hall–Kier alpha value is -1.64. The third-order valence-electron chi connectivity index (χ3n) is 4.99. The molecule has 118 valence electrons. The van der Waals surface area contributed by atoms with Gasteiger partial charge < -0.3 is 0 Å². The Labute approximate surface area is 122 Å². The van der Waals surface area contributed by atoms with Crippen LogP contribution in [0.4, 0.5) is 0 Å². The van der Waals surface area contributed by atoms with Crippen molar-refractivity contribution in [2.75, 3.05) is 0 Å². The van der Waals surface area contributed by atoms with Crippen LogP contribution in [0.25, 0.3) is 0 Å². The summed E-state index contributed by atoms with van der Waals surface area (Å²) < 4.78 is 0. The molecule has 1 saturated heterocycles. The summed E-state index contributed by atoms with van der Waals surface area (Å²) in [5.41, 5.74) is -2.38. The van der Waals surface area contributed by atoms with E-state index >= 15 is 0 Å². The molecule has 3 rings (SSSR count). The molecule has 2 spiro atoms. The van der Waals surface area contributed by atoms with Gasteiger partial charge in [-0.1, -0.05) is 17.9 Å². The Morgan fingerprint density at radius 3 is 1.81 bits per heavy atom. The average Bonchev–Trinajstić information content (AvgIpc) is 2.71. The molecule has 3 fully saturated rings. The van der Waals surface area contributed by atoms with Crippen LogP contribution in [0.1, 0.15) is 64.2 Å². The topological polar surface area (TPSA) is 102 Å². The normalized spacial score (nSPS) is 27.2. The van der Waals surface area contributed by atoms with E-state index in [9.17, 15) is 20.2 Å². The first kappa shape index (κ1) is 14.3. The fourth-order valence-corrected chi connectivity index (χ4v) is 4.16. The van der Waals surface area contributed by atoms with E-state index in [1.807, 2.05) is 0 Å². The highest BCUT2D eigenvalue weighted by atomic mass is 16.9. The van der Waals surface area contributed by atoms with Gasteiger partial charge in [0.15, 0.2) is 10.1 Å². The van der Waals surface area contributed by atoms with Gasteiger partial charge in [0.25, 0.3) is 5.66 Å². The van der Waals surface area contributed by atoms with Crippen molar-refractivity contribution in [1.29, 1.82) is 0 Å². The van der Waals surface area contributed by atoms with Crippen LogP contribution in [-0.2, 0) is 4.84 Å². The molecule has 0 bridgehead atoms. The molecular formula is C12H20N4O5. The van der Waals surface area contributed by atoms with Crippen LogP contribution < -0.4 is 0 Å². The Kier molecular flexibility index (Phi) is 3.39. The van der Waals surface area contributed by atoms with Gasteiger partial charge in [0.2, 0.25) is 5.72 Å². The largest absolute Gasteiger partial charge is 0.261 e. The first-order valence-electron chi connectivity index (χ1n) is 7.60. The van der Waals surface area contributed by atoms with E-state index in [1.165, 1.54) is 0 Å². The summed E-state index contributed by atoms with van der Waals surface area (Å²) in [5.74, 6) is 0. The van der Waals surface area contributed by atoms with E-state index in [-0.39, 0.29) is 0 Å². The number of nitrogens with zero attached hydrogens (tertiary/aromatic N) is 4. The number of nitro groups is 2. The van der Waals surface area contributed by atoms with Crippen molar-refractivity contribution in [1.82, 2.24) is 10.2 Å². The van der Waals surface area contributed by atoms with Crippen molar-refractivity contribution in [3.63, 3.8) is 0 Å². The van der Waals surface area contributed by atoms with Crippen molar-refractivity contribution in [2.45, 2.75) is 75.6 Å². The molecule has 0 atom stereocenters. The molecular weight excluding hydrogens is 280 g/mol. The third kappa shape index (κ3) is 2.02. The average molecular weight is 300 g/mol. The second-order valence-corrected chi connectivity index (χ2v) is 6.20. The molecule has 0 aromatic heterocycles. The molecule has 3 aliphatic rings. The van der Waals surface area contributed by atoms with Crippen molar-refractivity contribution in [3.8, 4) is 0 Å². The SMILES string of the molecule is O=[N+]([O-])N1OC2(CCCCC2)N([N+](=O)[O-])C12CCCCC2. The van der Waals surface area contributed by atoms with Crippen LogP contribution in [-0.4, -0.2) is 31.6 Å². The Morgan fingerprint density at radius 1 is 0.810 bits per heavy atom. The van der Waals surface area contributed by atoms with Crippen molar-refractivity contribution in [3.05, 3.63) is 20.2 Å². The molecule has 9 heteroatoms. The quantitative estimate of drug-likeness (QED) is 0.569. The van der Waals surface area contributed by atoms with Gasteiger partial charge in [0, 0.05) is 30.9 Å². The lowest BCUT2D eigenvalue weighted by atomic mass is 9.85. The van der Waals surface area contributed by atoms with Crippen LogP contribution in [0.2, 0.25) is 0 Å². The maximum Gasteiger partial charge on any atom is 0.261 e. The summed E-state index contributed by atoms with van der Waals surface area (Å²) in [4.78, 5) is 28.8. The standard InChI is InChI=1S/C12H20N4O5/c17-15(18)13-11(7-3-1-4-8-11)14(16(19)20)21-12(13)9-5-2-6-10-12/h1-10H2. The van der Waals surface area contributed by atoms with Gasteiger partial charge >= 0.3 is 0 Å². The van der Waals surface area contributed by atoms with E-state index in [2.05, 4.69) is 0 Å². The highest BCUT2D eigenvalue weighted by molar-refractivity contribution is 4.97. The number of hydrogen-bond donors (Lipinski definition) is 0. The van der Waals surface area contributed by atoms with Crippen molar-refractivity contribution < 1.29 is 14.9 Å². The molecule has 0 N–H and O–H groups in total. The lowest BCUT2D eigenvalue weighted by molar-refractivity contribution is -0.760. The molecule has 0 unspecified atom stereocenters. The summed E-state index contributed by atoms with van der Waals surface area (Å²) in [6.45, 7) is 0. The van der Waals surface area contributed by atoms with Gasteiger partial charge in [-0.05, 0) is 25.7 Å². The summed E-state index contributed by atoms with van der Waals surface area (Å²) in [6.07, 6.45) is 6.77. The maximum atomic E-state index is 11.7. The second-order valence-electron chi connectivity index (χ2n) is 6.20. The van der Waals surface area contributed by atoms with Crippen molar-refractivity contribution in [2.24, 2.45) is 0 Å². The first-order chi connectivity index (χ1) is 10.0. The van der Waals surface area contributed by atoms with Gasteiger partial charge in [-0.25, -0.2) is 20.2 Å². The van der Waals surface area contributed by atoms with E-state index < -0.39 is 21.5 Å². The molecule has 2 aliphatic carbocycles.